The Hall–Kier alpha value is -1.12. The van der Waals surface area contributed by atoms with E-state index in [1.54, 1.807) is 25.7 Å². The van der Waals surface area contributed by atoms with Gasteiger partial charge in [-0.1, -0.05) is 20.8 Å². The summed E-state index contributed by atoms with van der Waals surface area (Å²) in [6.07, 6.45) is 0. The number of carboxylic acids is 1. The van der Waals surface area contributed by atoms with Crippen molar-refractivity contribution < 1.29 is 19.0 Å². The van der Waals surface area contributed by atoms with Crippen LogP contribution in [0.5, 0.6) is 0 Å². The van der Waals surface area contributed by atoms with Crippen LogP contribution in [0.1, 0.15) is 43.6 Å². The maximum absolute atomic E-state index is 12.4. The summed E-state index contributed by atoms with van der Waals surface area (Å²) in [5, 5.41) is 9.79. The number of rotatable bonds is 4. The van der Waals surface area contributed by atoms with Gasteiger partial charge in [0.15, 0.2) is 0 Å². The lowest BCUT2D eigenvalue weighted by Crippen LogP contribution is -2.20. The van der Waals surface area contributed by atoms with E-state index < -0.39 is 13.3 Å². The summed E-state index contributed by atoms with van der Waals surface area (Å²) in [6.45, 7) is 9.49. The molecular formula is C14H21O4P. The Labute approximate surface area is 114 Å². The molecule has 0 aliphatic heterocycles. The van der Waals surface area contributed by atoms with E-state index in [1.165, 1.54) is 6.07 Å². The fourth-order valence-corrected chi connectivity index (χ4v) is 3.26. The molecule has 5 heteroatoms. The predicted octanol–water partition coefficient (Wildman–Crippen LogP) is 3.25. The Balaban J connectivity index is 3.43. The Kier molecular flexibility index (Phi) is 4.59. The van der Waals surface area contributed by atoms with Gasteiger partial charge in [-0.25, -0.2) is 4.79 Å². The van der Waals surface area contributed by atoms with Crippen LogP contribution >= 0.6 is 7.37 Å². The van der Waals surface area contributed by atoms with Gasteiger partial charge < -0.3 is 9.63 Å². The number of hydrogen-bond donors (Lipinski definition) is 1. The first kappa shape index (κ1) is 15.9. The highest BCUT2D eigenvalue weighted by Gasteiger charge is 2.26. The summed E-state index contributed by atoms with van der Waals surface area (Å²) in [4.78, 5) is 11.3. The van der Waals surface area contributed by atoms with E-state index in [4.69, 9.17) is 4.52 Å². The smallest absolute Gasteiger partial charge is 0.335 e. The zero-order chi connectivity index (χ0) is 14.8. The van der Waals surface area contributed by atoms with Crippen molar-refractivity contribution in [1.82, 2.24) is 0 Å². The van der Waals surface area contributed by atoms with Crippen LogP contribution in [0.3, 0.4) is 0 Å². The molecule has 0 aliphatic carbocycles. The number of hydrogen-bond acceptors (Lipinski definition) is 3. The van der Waals surface area contributed by atoms with Crippen molar-refractivity contribution in [2.45, 2.75) is 33.1 Å². The minimum Gasteiger partial charge on any atom is -0.478 e. The molecule has 0 radical (unpaired) electrons. The standard InChI is InChI=1S/C14H21O4P/c1-6-18-19(5,17)10-7-8-11(13(15)16)12(9-10)14(2,3)4/h7-9H,6H2,1-5H3,(H,15,16). The molecule has 0 spiro atoms. The van der Waals surface area contributed by atoms with Crippen LogP contribution in [0.2, 0.25) is 0 Å². The first-order valence-electron chi connectivity index (χ1n) is 6.20. The Morgan fingerprint density at radius 1 is 1.37 bits per heavy atom. The van der Waals surface area contributed by atoms with Crippen LogP contribution in [-0.2, 0) is 14.5 Å². The molecule has 0 amide bonds. The highest BCUT2D eigenvalue weighted by Crippen LogP contribution is 2.42. The molecule has 0 aromatic heterocycles. The van der Waals surface area contributed by atoms with Crippen LogP contribution in [0.4, 0.5) is 0 Å². The highest BCUT2D eigenvalue weighted by molar-refractivity contribution is 7.66. The average molecular weight is 284 g/mol. The molecule has 0 heterocycles. The van der Waals surface area contributed by atoms with Crippen molar-refractivity contribution in [3.05, 3.63) is 29.3 Å². The fraction of sp³-hybridized carbons (Fsp3) is 0.500. The minimum atomic E-state index is -2.88. The molecule has 1 rings (SSSR count). The van der Waals surface area contributed by atoms with Crippen molar-refractivity contribution in [3.8, 4) is 0 Å². The quantitative estimate of drug-likeness (QED) is 0.862. The molecule has 1 atom stereocenters. The first-order chi connectivity index (χ1) is 8.59. The van der Waals surface area contributed by atoms with E-state index in [2.05, 4.69) is 0 Å². The predicted molar refractivity (Wildman–Crippen MR) is 76.9 cm³/mol. The van der Waals surface area contributed by atoms with Crippen LogP contribution < -0.4 is 5.30 Å². The molecular weight excluding hydrogens is 263 g/mol. The SMILES string of the molecule is CCOP(C)(=O)c1ccc(C(=O)O)c(C(C)(C)C)c1. The number of carboxylic acid groups (broad SMARTS) is 1. The molecule has 0 saturated heterocycles. The van der Waals surface area contributed by atoms with Gasteiger partial charge in [-0.3, -0.25) is 4.57 Å². The Morgan fingerprint density at radius 2 is 1.95 bits per heavy atom. The van der Waals surface area contributed by atoms with Gasteiger partial charge in [-0.15, -0.1) is 0 Å². The van der Waals surface area contributed by atoms with Crippen molar-refractivity contribution in [2.24, 2.45) is 0 Å². The second-order valence-electron chi connectivity index (χ2n) is 5.55. The Bertz CT molecular complexity index is 529. The van der Waals surface area contributed by atoms with Crippen LogP contribution in [0.15, 0.2) is 18.2 Å². The molecule has 1 unspecified atom stereocenters. The van der Waals surface area contributed by atoms with E-state index >= 15 is 0 Å². The summed E-state index contributed by atoms with van der Waals surface area (Å²) in [7, 11) is -2.88. The normalized spacial score (nSPS) is 15.0. The van der Waals surface area contributed by atoms with Gasteiger partial charge in [0.1, 0.15) is 0 Å². The molecule has 106 valence electrons. The third-order valence-corrected chi connectivity index (χ3v) is 4.85. The van der Waals surface area contributed by atoms with Gasteiger partial charge in [0.2, 0.25) is 7.37 Å². The van der Waals surface area contributed by atoms with E-state index in [9.17, 15) is 14.5 Å². The number of benzene rings is 1. The second-order valence-corrected chi connectivity index (χ2v) is 8.02. The summed E-state index contributed by atoms with van der Waals surface area (Å²) in [6, 6.07) is 4.78. The third-order valence-electron chi connectivity index (χ3n) is 2.89. The van der Waals surface area contributed by atoms with E-state index in [1.807, 2.05) is 20.8 Å². The molecule has 1 aromatic rings. The number of aromatic carboxylic acids is 1. The van der Waals surface area contributed by atoms with Crippen molar-refractivity contribution in [1.29, 1.82) is 0 Å². The lowest BCUT2D eigenvalue weighted by Gasteiger charge is -2.23. The molecule has 1 aromatic carbocycles. The third kappa shape index (κ3) is 3.68. The second kappa shape index (κ2) is 5.48. The van der Waals surface area contributed by atoms with Gasteiger partial charge in [0.05, 0.1) is 12.2 Å². The zero-order valence-electron chi connectivity index (χ0n) is 12.1. The van der Waals surface area contributed by atoms with Gasteiger partial charge in [-0.05, 0) is 36.1 Å². The molecule has 0 bridgehead atoms. The van der Waals surface area contributed by atoms with Crippen LogP contribution in [0.25, 0.3) is 0 Å². The molecule has 19 heavy (non-hydrogen) atoms. The lowest BCUT2D eigenvalue weighted by molar-refractivity contribution is 0.0694. The van der Waals surface area contributed by atoms with Gasteiger partial charge >= 0.3 is 5.97 Å². The topological polar surface area (TPSA) is 63.6 Å². The summed E-state index contributed by atoms with van der Waals surface area (Å²) < 4.78 is 17.7. The van der Waals surface area contributed by atoms with E-state index in [0.29, 0.717) is 17.5 Å². The van der Waals surface area contributed by atoms with Gasteiger partial charge in [-0.2, -0.15) is 0 Å². The summed E-state index contributed by atoms with van der Waals surface area (Å²) in [5.41, 5.74) is 0.572. The van der Waals surface area contributed by atoms with Gasteiger partial charge in [0, 0.05) is 12.0 Å². The monoisotopic (exact) mass is 284 g/mol. The molecule has 4 nitrogen and oxygen atoms in total. The molecule has 0 fully saturated rings. The van der Waals surface area contributed by atoms with Crippen LogP contribution in [-0.4, -0.2) is 24.3 Å². The fourth-order valence-electron chi connectivity index (χ4n) is 1.91. The van der Waals surface area contributed by atoms with Crippen LogP contribution in [0, 0.1) is 0 Å². The van der Waals surface area contributed by atoms with E-state index in [-0.39, 0.29) is 11.0 Å². The minimum absolute atomic E-state index is 0.243. The van der Waals surface area contributed by atoms with E-state index in [0.717, 1.165) is 0 Å². The maximum atomic E-state index is 12.4. The van der Waals surface area contributed by atoms with Crippen molar-refractivity contribution >= 4 is 18.6 Å². The average Bonchev–Trinajstić information content (AvgIpc) is 2.26. The van der Waals surface area contributed by atoms with Crippen molar-refractivity contribution in [3.63, 3.8) is 0 Å². The maximum Gasteiger partial charge on any atom is 0.335 e. The largest absolute Gasteiger partial charge is 0.478 e. The number of carbonyl (C=O) groups is 1. The first-order valence-corrected chi connectivity index (χ1v) is 8.27. The molecule has 0 saturated carbocycles. The summed E-state index contributed by atoms with van der Waals surface area (Å²) in [5.74, 6) is -0.973. The summed E-state index contributed by atoms with van der Waals surface area (Å²) >= 11 is 0. The Morgan fingerprint density at radius 3 is 2.37 bits per heavy atom. The highest BCUT2D eigenvalue weighted by atomic mass is 31.2. The zero-order valence-corrected chi connectivity index (χ0v) is 13.0. The van der Waals surface area contributed by atoms with Gasteiger partial charge in [0.25, 0.3) is 0 Å². The molecule has 1 N–H and O–H groups in total. The van der Waals surface area contributed by atoms with Crippen molar-refractivity contribution in [2.75, 3.05) is 13.3 Å². The lowest BCUT2D eigenvalue weighted by atomic mass is 9.84. The molecule has 0 aliphatic rings.